The van der Waals surface area contributed by atoms with Crippen molar-refractivity contribution in [3.8, 4) is 0 Å². The van der Waals surface area contributed by atoms with E-state index in [1.54, 1.807) is 18.0 Å². The molecule has 2 aromatic carbocycles. The molecule has 2 heterocycles. The first-order valence-corrected chi connectivity index (χ1v) is 10.1. The van der Waals surface area contributed by atoms with E-state index in [1.807, 2.05) is 37.3 Å². The number of para-hydroxylation sites is 3. The predicted octanol–water partition coefficient (Wildman–Crippen LogP) is 4.73. The summed E-state index contributed by atoms with van der Waals surface area (Å²) in [4.78, 5) is 27.6. The van der Waals surface area contributed by atoms with Gasteiger partial charge in [-0.15, -0.1) is 0 Å². The Labute approximate surface area is 182 Å². The van der Waals surface area contributed by atoms with Crippen LogP contribution in [0.25, 0.3) is 11.0 Å². The van der Waals surface area contributed by atoms with Crippen LogP contribution in [0.15, 0.2) is 59.0 Å². The maximum atomic E-state index is 13.9. The number of amides is 2. The highest BCUT2D eigenvalue weighted by atomic mass is 19.4. The second-order valence-corrected chi connectivity index (χ2v) is 7.87. The van der Waals surface area contributed by atoms with E-state index in [2.05, 4.69) is 5.32 Å². The molecule has 0 aliphatic carbocycles. The van der Waals surface area contributed by atoms with E-state index in [0.29, 0.717) is 16.2 Å². The number of hydrogen-bond acceptors (Lipinski definition) is 4. The number of carbonyl (C=O) groups is 2. The van der Waals surface area contributed by atoms with Crippen molar-refractivity contribution in [1.82, 2.24) is 4.90 Å². The van der Waals surface area contributed by atoms with Crippen LogP contribution in [0, 0.1) is 0 Å². The molecule has 0 fully saturated rings. The summed E-state index contributed by atoms with van der Waals surface area (Å²) >= 11 is 0. The second-order valence-electron chi connectivity index (χ2n) is 7.87. The number of halogens is 3. The SMILES string of the molecule is CC(c1cc2ccccc2o1)N(C)CC(=O)N1c2ccccc2NC(=O)CC1C(F)(F)F. The Morgan fingerprint density at radius 3 is 2.62 bits per heavy atom. The van der Waals surface area contributed by atoms with Crippen molar-refractivity contribution in [1.29, 1.82) is 0 Å². The third-order valence-electron chi connectivity index (χ3n) is 5.68. The van der Waals surface area contributed by atoms with Gasteiger partial charge in [-0.2, -0.15) is 13.2 Å². The lowest BCUT2D eigenvalue weighted by atomic mass is 10.1. The number of furan rings is 1. The largest absolute Gasteiger partial charge is 0.459 e. The molecule has 1 N–H and O–H groups in total. The zero-order valence-corrected chi connectivity index (χ0v) is 17.5. The second kappa shape index (κ2) is 8.31. The molecule has 0 saturated carbocycles. The van der Waals surface area contributed by atoms with E-state index in [1.165, 1.54) is 18.2 Å². The van der Waals surface area contributed by atoms with Crippen molar-refractivity contribution >= 4 is 34.2 Å². The van der Waals surface area contributed by atoms with E-state index in [-0.39, 0.29) is 24.0 Å². The van der Waals surface area contributed by atoms with E-state index in [0.717, 1.165) is 5.39 Å². The molecule has 2 amide bonds. The van der Waals surface area contributed by atoms with Gasteiger partial charge in [-0.05, 0) is 38.2 Å². The molecule has 1 aromatic heterocycles. The number of nitrogens with one attached hydrogen (secondary N) is 1. The molecule has 0 spiro atoms. The minimum absolute atomic E-state index is 0.0236. The smallest absolute Gasteiger partial charge is 0.409 e. The molecule has 9 heteroatoms. The summed E-state index contributed by atoms with van der Waals surface area (Å²) in [6.45, 7) is 1.51. The Kier molecular flexibility index (Phi) is 5.68. The Bertz CT molecular complexity index is 1120. The van der Waals surface area contributed by atoms with E-state index in [9.17, 15) is 22.8 Å². The van der Waals surface area contributed by atoms with Crippen LogP contribution in [0.3, 0.4) is 0 Å². The van der Waals surface area contributed by atoms with Crippen LogP contribution < -0.4 is 10.2 Å². The summed E-state index contributed by atoms with van der Waals surface area (Å²) in [6.07, 6.45) is -5.64. The fourth-order valence-corrected chi connectivity index (χ4v) is 3.85. The lowest BCUT2D eigenvalue weighted by Gasteiger charge is -2.33. The van der Waals surface area contributed by atoms with Crippen molar-refractivity contribution in [2.75, 3.05) is 23.8 Å². The third-order valence-corrected chi connectivity index (χ3v) is 5.68. The van der Waals surface area contributed by atoms with Gasteiger partial charge in [0.25, 0.3) is 0 Å². The highest BCUT2D eigenvalue weighted by Crippen LogP contribution is 2.38. The summed E-state index contributed by atoms with van der Waals surface area (Å²) in [7, 11) is 1.64. The highest BCUT2D eigenvalue weighted by molar-refractivity contribution is 6.05. The fraction of sp³-hybridized carbons (Fsp3) is 0.304. The van der Waals surface area contributed by atoms with Gasteiger partial charge in [-0.1, -0.05) is 30.3 Å². The maximum Gasteiger partial charge on any atom is 0.409 e. The summed E-state index contributed by atoms with van der Waals surface area (Å²) in [5.41, 5.74) is 0.887. The van der Waals surface area contributed by atoms with Gasteiger partial charge < -0.3 is 9.73 Å². The van der Waals surface area contributed by atoms with Crippen LogP contribution in [-0.4, -0.2) is 42.5 Å². The van der Waals surface area contributed by atoms with E-state index in [4.69, 9.17) is 4.42 Å². The molecular formula is C23H22F3N3O3. The molecule has 4 rings (SSSR count). The van der Waals surface area contributed by atoms with Crippen molar-refractivity contribution in [3.63, 3.8) is 0 Å². The van der Waals surface area contributed by atoms with Crippen LogP contribution in [0.5, 0.6) is 0 Å². The number of carbonyl (C=O) groups excluding carboxylic acids is 2. The average molecular weight is 445 g/mol. The van der Waals surface area contributed by atoms with Crippen LogP contribution in [0.4, 0.5) is 24.5 Å². The first kappa shape index (κ1) is 21.9. The zero-order chi connectivity index (χ0) is 23.0. The van der Waals surface area contributed by atoms with Crippen LogP contribution in [-0.2, 0) is 9.59 Å². The summed E-state index contributed by atoms with van der Waals surface area (Å²) in [5, 5.41) is 3.36. The minimum atomic E-state index is -4.77. The van der Waals surface area contributed by atoms with E-state index < -0.39 is 30.5 Å². The lowest BCUT2D eigenvalue weighted by Crippen LogP contribution is -2.52. The molecule has 2 unspecified atom stereocenters. The number of rotatable bonds is 4. The van der Waals surface area contributed by atoms with Crippen molar-refractivity contribution < 1.29 is 27.2 Å². The molecule has 0 bridgehead atoms. The number of fused-ring (bicyclic) bond motifs is 2. The Hall–Kier alpha value is -3.33. The van der Waals surface area contributed by atoms with Gasteiger partial charge in [0.2, 0.25) is 11.8 Å². The number of alkyl halides is 3. The number of hydrogen-bond donors (Lipinski definition) is 1. The van der Waals surface area contributed by atoms with Gasteiger partial charge >= 0.3 is 6.18 Å². The monoisotopic (exact) mass is 445 g/mol. The van der Waals surface area contributed by atoms with Crippen molar-refractivity contribution in [2.24, 2.45) is 0 Å². The maximum absolute atomic E-state index is 13.9. The predicted molar refractivity (Wildman–Crippen MR) is 114 cm³/mol. The van der Waals surface area contributed by atoms with Crippen LogP contribution >= 0.6 is 0 Å². The van der Waals surface area contributed by atoms with Crippen molar-refractivity contribution in [3.05, 3.63) is 60.4 Å². The van der Waals surface area contributed by atoms with Gasteiger partial charge in [0, 0.05) is 5.39 Å². The topological polar surface area (TPSA) is 65.8 Å². The molecule has 2 atom stereocenters. The molecule has 0 saturated heterocycles. The first-order chi connectivity index (χ1) is 15.1. The van der Waals surface area contributed by atoms with Crippen LogP contribution in [0.2, 0.25) is 0 Å². The Balaban J connectivity index is 1.62. The summed E-state index contributed by atoms with van der Waals surface area (Å²) < 4.78 is 47.5. The minimum Gasteiger partial charge on any atom is -0.459 e. The molecule has 1 aliphatic heterocycles. The highest BCUT2D eigenvalue weighted by Gasteiger charge is 2.49. The normalized spacial score (nSPS) is 17.8. The fourth-order valence-electron chi connectivity index (χ4n) is 3.85. The summed E-state index contributed by atoms with van der Waals surface area (Å²) in [5.74, 6) is -0.956. The van der Waals surface area contributed by atoms with Gasteiger partial charge in [-0.25, -0.2) is 0 Å². The number of nitrogens with zero attached hydrogens (tertiary/aromatic N) is 2. The quantitative estimate of drug-likeness (QED) is 0.631. The number of likely N-dealkylation sites (N-methyl/N-ethyl adjacent to an activating group) is 1. The Morgan fingerprint density at radius 2 is 1.91 bits per heavy atom. The lowest BCUT2D eigenvalue weighted by molar-refractivity contribution is -0.158. The summed E-state index contributed by atoms with van der Waals surface area (Å²) in [6, 6.07) is 12.7. The van der Waals surface area contributed by atoms with Gasteiger partial charge in [0.15, 0.2) is 0 Å². The van der Waals surface area contributed by atoms with Gasteiger partial charge in [-0.3, -0.25) is 19.4 Å². The molecule has 168 valence electrons. The van der Waals surface area contributed by atoms with Gasteiger partial charge in [0.05, 0.1) is 30.4 Å². The Morgan fingerprint density at radius 1 is 1.22 bits per heavy atom. The van der Waals surface area contributed by atoms with E-state index >= 15 is 0 Å². The first-order valence-electron chi connectivity index (χ1n) is 10.1. The average Bonchev–Trinajstić information content (AvgIpc) is 3.10. The molecule has 1 aliphatic rings. The van der Waals surface area contributed by atoms with Crippen LogP contribution in [0.1, 0.15) is 25.1 Å². The standard InChI is InChI=1S/C23H22F3N3O3/c1-14(19-11-15-7-3-6-10-18(15)32-19)28(2)13-22(31)29-17-9-5-4-8-16(17)27-21(30)12-20(29)23(24,25)26/h3-11,14,20H,12-13H2,1-2H3,(H,27,30). The number of anilines is 2. The third kappa shape index (κ3) is 4.20. The number of benzene rings is 2. The molecule has 0 radical (unpaired) electrons. The van der Waals surface area contributed by atoms with Gasteiger partial charge in [0.1, 0.15) is 17.4 Å². The zero-order valence-electron chi connectivity index (χ0n) is 17.5. The van der Waals surface area contributed by atoms with Crippen molar-refractivity contribution in [2.45, 2.75) is 31.6 Å². The molecule has 3 aromatic rings. The molecule has 32 heavy (non-hydrogen) atoms. The molecular weight excluding hydrogens is 423 g/mol. The molecule has 6 nitrogen and oxygen atoms in total.